The molecule has 1 amide bonds. The number of benzene rings is 1. The van der Waals surface area contributed by atoms with Crippen LogP contribution in [0.4, 0.5) is 0 Å². The zero-order valence-corrected chi connectivity index (χ0v) is 10.3. The Morgan fingerprint density at radius 3 is 2.75 bits per heavy atom. The number of rotatable bonds is 5. The summed E-state index contributed by atoms with van der Waals surface area (Å²) in [5.41, 5.74) is 1.01. The van der Waals surface area contributed by atoms with Crippen molar-refractivity contribution in [2.45, 2.75) is 19.9 Å². The van der Waals surface area contributed by atoms with Crippen LogP contribution in [0, 0.1) is 0 Å². The summed E-state index contributed by atoms with van der Waals surface area (Å²) in [6, 6.07) is 7.70. The lowest BCUT2D eigenvalue weighted by Gasteiger charge is -2.15. The molecule has 1 atom stereocenters. The van der Waals surface area contributed by atoms with Gasteiger partial charge in [-0.05, 0) is 25.5 Å². The molecule has 0 saturated heterocycles. The van der Waals surface area contributed by atoms with Crippen LogP contribution >= 0.6 is 11.6 Å². The topological polar surface area (TPSA) is 41.1 Å². The van der Waals surface area contributed by atoms with E-state index in [1.807, 2.05) is 38.1 Å². The Hall–Kier alpha value is -1.06. The van der Waals surface area contributed by atoms with Crippen molar-refractivity contribution in [1.82, 2.24) is 10.6 Å². The maximum absolute atomic E-state index is 11.3. The number of likely N-dealkylation sites (N-methyl/N-ethyl adjacent to an activating group) is 1. The number of hydrogen-bond donors (Lipinski definition) is 2. The van der Waals surface area contributed by atoms with Crippen LogP contribution in [0.1, 0.15) is 25.5 Å². The van der Waals surface area contributed by atoms with Crippen molar-refractivity contribution in [2.24, 2.45) is 0 Å². The van der Waals surface area contributed by atoms with Crippen LogP contribution in [0.15, 0.2) is 24.3 Å². The largest absolute Gasteiger partial charge is 0.355 e. The lowest BCUT2D eigenvalue weighted by molar-refractivity contribution is -0.120. The second-order valence-electron chi connectivity index (χ2n) is 3.58. The van der Waals surface area contributed by atoms with Gasteiger partial charge in [0.2, 0.25) is 5.91 Å². The maximum Gasteiger partial charge on any atom is 0.233 e. The van der Waals surface area contributed by atoms with E-state index in [1.54, 1.807) is 0 Å². The molecule has 88 valence electrons. The number of carbonyl (C=O) groups excluding carboxylic acids is 1. The lowest BCUT2D eigenvalue weighted by Crippen LogP contribution is -2.34. The van der Waals surface area contributed by atoms with E-state index in [2.05, 4.69) is 10.6 Å². The van der Waals surface area contributed by atoms with Crippen molar-refractivity contribution in [3.8, 4) is 0 Å². The first-order valence-corrected chi connectivity index (χ1v) is 5.77. The summed E-state index contributed by atoms with van der Waals surface area (Å²) in [6.07, 6.45) is 0. The summed E-state index contributed by atoms with van der Waals surface area (Å²) in [5, 5.41) is 6.58. The SMILES string of the molecule is CCNC(=O)CN[C@H](C)c1ccccc1Cl. The van der Waals surface area contributed by atoms with Gasteiger partial charge in [0.25, 0.3) is 0 Å². The van der Waals surface area contributed by atoms with Gasteiger partial charge < -0.3 is 10.6 Å². The standard InChI is InChI=1S/C12H17ClN2O/c1-3-14-12(16)8-15-9(2)10-6-4-5-7-11(10)13/h4-7,9,15H,3,8H2,1-2H3,(H,14,16)/t9-/m1/s1. The highest BCUT2D eigenvalue weighted by molar-refractivity contribution is 6.31. The molecule has 0 spiro atoms. The van der Waals surface area contributed by atoms with Crippen LogP contribution in [-0.2, 0) is 4.79 Å². The first kappa shape index (κ1) is 13.0. The van der Waals surface area contributed by atoms with Crippen LogP contribution < -0.4 is 10.6 Å². The van der Waals surface area contributed by atoms with Gasteiger partial charge in [-0.3, -0.25) is 4.79 Å². The first-order chi connectivity index (χ1) is 7.65. The van der Waals surface area contributed by atoms with Gasteiger partial charge in [-0.15, -0.1) is 0 Å². The molecular formula is C12H17ClN2O. The van der Waals surface area contributed by atoms with Crippen LogP contribution in [0.3, 0.4) is 0 Å². The number of amides is 1. The fourth-order valence-electron chi connectivity index (χ4n) is 1.44. The average Bonchev–Trinajstić information content (AvgIpc) is 2.27. The fraction of sp³-hybridized carbons (Fsp3) is 0.417. The Balaban J connectivity index is 2.50. The van der Waals surface area contributed by atoms with Gasteiger partial charge >= 0.3 is 0 Å². The molecule has 3 nitrogen and oxygen atoms in total. The van der Waals surface area contributed by atoms with E-state index in [4.69, 9.17) is 11.6 Å². The molecule has 0 bridgehead atoms. The third kappa shape index (κ3) is 3.83. The Morgan fingerprint density at radius 2 is 2.12 bits per heavy atom. The molecule has 4 heteroatoms. The molecule has 0 heterocycles. The molecular weight excluding hydrogens is 224 g/mol. The molecule has 0 fully saturated rings. The van der Waals surface area contributed by atoms with Crippen molar-refractivity contribution in [3.05, 3.63) is 34.9 Å². The van der Waals surface area contributed by atoms with Crippen LogP contribution in [0.2, 0.25) is 5.02 Å². The van der Waals surface area contributed by atoms with Crippen molar-refractivity contribution >= 4 is 17.5 Å². The summed E-state index contributed by atoms with van der Waals surface area (Å²) < 4.78 is 0. The molecule has 2 N–H and O–H groups in total. The molecule has 0 radical (unpaired) electrons. The third-order valence-corrected chi connectivity index (χ3v) is 2.66. The summed E-state index contributed by atoms with van der Waals surface area (Å²) >= 11 is 6.06. The Morgan fingerprint density at radius 1 is 1.44 bits per heavy atom. The van der Waals surface area contributed by atoms with E-state index >= 15 is 0 Å². The van der Waals surface area contributed by atoms with E-state index < -0.39 is 0 Å². The smallest absolute Gasteiger partial charge is 0.233 e. The van der Waals surface area contributed by atoms with Gasteiger partial charge in [-0.25, -0.2) is 0 Å². The van der Waals surface area contributed by atoms with Crippen molar-refractivity contribution in [3.63, 3.8) is 0 Å². The number of carbonyl (C=O) groups is 1. The van der Waals surface area contributed by atoms with Gasteiger partial charge in [0, 0.05) is 17.6 Å². The molecule has 16 heavy (non-hydrogen) atoms. The minimum Gasteiger partial charge on any atom is -0.355 e. The summed E-state index contributed by atoms with van der Waals surface area (Å²) in [5.74, 6) is 0.00130. The number of hydrogen-bond acceptors (Lipinski definition) is 2. The quantitative estimate of drug-likeness (QED) is 0.828. The summed E-state index contributed by atoms with van der Waals surface area (Å²) in [7, 11) is 0. The van der Waals surface area contributed by atoms with Crippen molar-refractivity contribution in [1.29, 1.82) is 0 Å². The molecule has 1 rings (SSSR count). The monoisotopic (exact) mass is 240 g/mol. The predicted molar refractivity (Wildman–Crippen MR) is 66.6 cm³/mol. The van der Waals surface area contributed by atoms with Crippen LogP contribution in [0.25, 0.3) is 0 Å². The number of nitrogens with one attached hydrogen (secondary N) is 2. The molecule has 0 saturated carbocycles. The Labute approximate surface area is 101 Å². The molecule has 0 unspecified atom stereocenters. The van der Waals surface area contributed by atoms with E-state index in [-0.39, 0.29) is 11.9 Å². The van der Waals surface area contributed by atoms with Gasteiger partial charge in [0.05, 0.1) is 6.54 Å². The first-order valence-electron chi connectivity index (χ1n) is 5.39. The Kier molecular flexibility index (Phi) is 5.29. The normalized spacial score (nSPS) is 12.2. The van der Waals surface area contributed by atoms with Crippen molar-refractivity contribution < 1.29 is 4.79 Å². The summed E-state index contributed by atoms with van der Waals surface area (Å²) in [6.45, 7) is 4.84. The van der Waals surface area contributed by atoms with E-state index in [0.29, 0.717) is 13.1 Å². The van der Waals surface area contributed by atoms with Gasteiger partial charge in [-0.2, -0.15) is 0 Å². The van der Waals surface area contributed by atoms with E-state index in [9.17, 15) is 4.79 Å². The van der Waals surface area contributed by atoms with E-state index in [0.717, 1.165) is 10.6 Å². The second kappa shape index (κ2) is 6.51. The van der Waals surface area contributed by atoms with Gasteiger partial charge in [-0.1, -0.05) is 29.8 Å². The highest BCUT2D eigenvalue weighted by Gasteiger charge is 2.09. The molecule has 0 aliphatic rings. The highest BCUT2D eigenvalue weighted by atomic mass is 35.5. The molecule has 1 aromatic carbocycles. The second-order valence-corrected chi connectivity index (χ2v) is 3.98. The molecule has 0 aromatic heterocycles. The van der Waals surface area contributed by atoms with Gasteiger partial charge in [0.1, 0.15) is 0 Å². The van der Waals surface area contributed by atoms with Crippen molar-refractivity contribution in [2.75, 3.05) is 13.1 Å². The molecule has 0 aliphatic heterocycles. The zero-order chi connectivity index (χ0) is 12.0. The fourth-order valence-corrected chi connectivity index (χ4v) is 1.74. The Bertz CT molecular complexity index is 355. The maximum atomic E-state index is 11.3. The minimum absolute atomic E-state index is 0.00130. The van der Waals surface area contributed by atoms with E-state index in [1.165, 1.54) is 0 Å². The number of halogens is 1. The third-order valence-electron chi connectivity index (χ3n) is 2.31. The highest BCUT2D eigenvalue weighted by Crippen LogP contribution is 2.21. The summed E-state index contributed by atoms with van der Waals surface area (Å²) in [4.78, 5) is 11.3. The van der Waals surface area contributed by atoms with Crippen LogP contribution in [0.5, 0.6) is 0 Å². The molecule has 1 aromatic rings. The zero-order valence-electron chi connectivity index (χ0n) is 9.59. The predicted octanol–water partition coefficient (Wildman–Crippen LogP) is 2.13. The van der Waals surface area contributed by atoms with Gasteiger partial charge in [0.15, 0.2) is 0 Å². The van der Waals surface area contributed by atoms with Crippen LogP contribution in [-0.4, -0.2) is 19.0 Å². The average molecular weight is 241 g/mol. The molecule has 0 aliphatic carbocycles. The lowest BCUT2D eigenvalue weighted by atomic mass is 10.1. The minimum atomic E-state index is 0.00130.